The normalized spacial score (nSPS) is 13.2. The lowest BCUT2D eigenvalue weighted by Gasteiger charge is -2.19. The van der Waals surface area contributed by atoms with Crippen LogP contribution in [0, 0.1) is 0 Å². The van der Waals surface area contributed by atoms with Crippen molar-refractivity contribution in [2.75, 3.05) is 6.26 Å². The van der Waals surface area contributed by atoms with Gasteiger partial charge in [0.05, 0.1) is 6.20 Å². The molecule has 2 aromatic heterocycles. The molecule has 0 atom stereocenters. The van der Waals surface area contributed by atoms with Crippen LogP contribution in [-0.2, 0) is 15.3 Å². The van der Waals surface area contributed by atoms with E-state index in [4.69, 9.17) is 0 Å². The van der Waals surface area contributed by atoms with Gasteiger partial charge in [0.1, 0.15) is 5.65 Å². The average Bonchev–Trinajstić information content (AvgIpc) is 2.57. The standard InChI is InChI=1S/C12H16N2O2S/c1-12(2,3)9-5-6-10-13-7-11(14(10)8-9)17(4,15)16/h5-8H,1-4H3. The molecule has 0 spiro atoms. The third-order valence-electron chi connectivity index (χ3n) is 2.72. The van der Waals surface area contributed by atoms with Crippen LogP contribution in [0.25, 0.3) is 5.65 Å². The molecule has 0 fully saturated rings. The van der Waals surface area contributed by atoms with Crippen molar-refractivity contribution in [2.45, 2.75) is 31.2 Å². The van der Waals surface area contributed by atoms with Crippen LogP contribution in [0.5, 0.6) is 0 Å². The van der Waals surface area contributed by atoms with Crippen LogP contribution in [-0.4, -0.2) is 24.1 Å². The minimum absolute atomic E-state index is 0.0206. The van der Waals surface area contributed by atoms with E-state index in [0.29, 0.717) is 5.65 Å². The van der Waals surface area contributed by atoms with Gasteiger partial charge in [0.15, 0.2) is 14.9 Å². The summed E-state index contributed by atoms with van der Waals surface area (Å²) in [4.78, 5) is 4.09. The molecule has 2 rings (SSSR count). The summed E-state index contributed by atoms with van der Waals surface area (Å²) in [6.45, 7) is 6.27. The molecule has 0 amide bonds. The van der Waals surface area contributed by atoms with Crippen molar-refractivity contribution in [3.8, 4) is 0 Å². The number of hydrogen-bond donors (Lipinski definition) is 0. The summed E-state index contributed by atoms with van der Waals surface area (Å²) < 4.78 is 24.9. The summed E-state index contributed by atoms with van der Waals surface area (Å²) in [5.41, 5.74) is 1.71. The first-order valence-corrected chi connectivity index (χ1v) is 7.26. The van der Waals surface area contributed by atoms with Gasteiger partial charge in [0, 0.05) is 12.5 Å². The van der Waals surface area contributed by atoms with Gasteiger partial charge in [-0.3, -0.25) is 4.40 Å². The van der Waals surface area contributed by atoms with E-state index in [-0.39, 0.29) is 10.4 Å². The number of hydrogen-bond acceptors (Lipinski definition) is 3. The third kappa shape index (κ3) is 2.20. The molecule has 2 heterocycles. The van der Waals surface area contributed by atoms with Gasteiger partial charge in [-0.05, 0) is 17.0 Å². The van der Waals surface area contributed by atoms with Gasteiger partial charge in [0.25, 0.3) is 0 Å². The summed E-state index contributed by atoms with van der Waals surface area (Å²) in [5.74, 6) is 0. The summed E-state index contributed by atoms with van der Waals surface area (Å²) in [6.07, 6.45) is 4.44. The zero-order valence-electron chi connectivity index (χ0n) is 10.4. The summed E-state index contributed by atoms with van der Waals surface area (Å²) in [5, 5.41) is 0.235. The van der Waals surface area contributed by atoms with Crippen LogP contribution in [0.1, 0.15) is 26.3 Å². The second-order valence-corrected chi connectivity index (χ2v) is 7.23. The third-order valence-corrected chi connectivity index (χ3v) is 3.78. The maximum Gasteiger partial charge on any atom is 0.192 e. The van der Waals surface area contributed by atoms with E-state index in [1.165, 1.54) is 12.5 Å². The van der Waals surface area contributed by atoms with Gasteiger partial charge in [-0.1, -0.05) is 26.8 Å². The van der Waals surface area contributed by atoms with Crippen molar-refractivity contribution in [3.05, 3.63) is 30.1 Å². The van der Waals surface area contributed by atoms with Crippen LogP contribution < -0.4 is 0 Å². The Morgan fingerprint density at radius 2 is 1.88 bits per heavy atom. The molecule has 0 aliphatic carbocycles. The minimum Gasteiger partial charge on any atom is -0.290 e. The molecular weight excluding hydrogens is 236 g/mol. The Morgan fingerprint density at radius 1 is 1.24 bits per heavy atom. The molecule has 17 heavy (non-hydrogen) atoms. The zero-order valence-corrected chi connectivity index (χ0v) is 11.2. The summed E-state index contributed by atoms with van der Waals surface area (Å²) >= 11 is 0. The van der Waals surface area contributed by atoms with Gasteiger partial charge in [-0.2, -0.15) is 0 Å². The molecule has 92 valence electrons. The molecular formula is C12H16N2O2S. The first-order valence-electron chi connectivity index (χ1n) is 5.37. The Bertz CT molecular complexity index is 663. The molecule has 0 aromatic carbocycles. The molecule has 5 heteroatoms. The fraction of sp³-hybridized carbons (Fsp3) is 0.417. The number of fused-ring (bicyclic) bond motifs is 1. The van der Waals surface area contributed by atoms with E-state index >= 15 is 0 Å². The Labute approximate surface area is 101 Å². The van der Waals surface area contributed by atoms with Crippen LogP contribution in [0.4, 0.5) is 0 Å². The van der Waals surface area contributed by atoms with Gasteiger partial charge < -0.3 is 0 Å². The second-order valence-electron chi connectivity index (χ2n) is 5.26. The fourth-order valence-electron chi connectivity index (χ4n) is 1.68. The highest BCUT2D eigenvalue weighted by molar-refractivity contribution is 7.90. The number of imidazole rings is 1. The molecule has 2 aromatic rings. The Kier molecular flexibility index (Phi) is 2.54. The van der Waals surface area contributed by atoms with E-state index in [1.807, 2.05) is 18.3 Å². The van der Waals surface area contributed by atoms with Gasteiger partial charge in [0.2, 0.25) is 0 Å². The molecule has 4 nitrogen and oxygen atoms in total. The number of pyridine rings is 1. The zero-order chi connectivity index (χ0) is 12.8. The molecule has 0 saturated carbocycles. The van der Waals surface area contributed by atoms with Gasteiger partial charge in [-0.25, -0.2) is 13.4 Å². The van der Waals surface area contributed by atoms with Crippen molar-refractivity contribution >= 4 is 15.5 Å². The van der Waals surface area contributed by atoms with Crippen LogP contribution in [0.3, 0.4) is 0 Å². The molecule has 0 saturated heterocycles. The molecule has 0 bridgehead atoms. The van der Waals surface area contributed by atoms with Gasteiger partial charge >= 0.3 is 0 Å². The second kappa shape index (κ2) is 3.57. The Balaban J connectivity index is 2.76. The van der Waals surface area contributed by atoms with Crippen molar-refractivity contribution in [2.24, 2.45) is 0 Å². The highest BCUT2D eigenvalue weighted by Crippen LogP contribution is 2.23. The maximum atomic E-state index is 11.6. The largest absolute Gasteiger partial charge is 0.290 e. The van der Waals surface area contributed by atoms with Crippen molar-refractivity contribution in [1.82, 2.24) is 9.38 Å². The minimum atomic E-state index is -3.25. The molecule has 0 aliphatic rings. The molecule has 0 unspecified atom stereocenters. The van der Waals surface area contributed by atoms with Crippen molar-refractivity contribution in [1.29, 1.82) is 0 Å². The van der Waals surface area contributed by atoms with Crippen molar-refractivity contribution in [3.63, 3.8) is 0 Å². The lowest BCUT2D eigenvalue weighted by atomic mass is 9.88. The molecule has 0 aliphatic heterocycles. The Morgan fingerprint density at radius 3 is 2.41 bits per heavy atom. The summed E-state index contributed by atoms with van der Waals surface area (Å²) in [6, 6.07) is 3.82. The number of aromatic nitrogens is 2. The van der Waals surface area contributed by atoms with Crippen LogP contribution >= 0.6 is 0 Å². The van der Waals surface area contributed by atoms with E-state index in [9.17, 15) is 8.42 Å². The quantitative estimate of drug-likeness (QED) is 0.780. The predicted octanol–water partition coefficient (Wildman–Crippen LogP) is 2.04. The highest BCUT2D eigenvalue weighted by Gasteiger charge is 2.18. The summed E-state index contributed by atoms with van der Waals surface area (Å²) in [7, 11) is -3.25. The topological polar surface area (TPSA) is 51.4 Å². The SMILES string of the molecule is CC(C)(C)c1ccc2ncc(S(C)(=O)=O)n2c1. The van der Waals surface area contributed by atoms with E-state index < -0.39 is 9.84 Å². The monoisotopic (exact) mass is 252 g/mol. The maximum absolute atomic E-state index is 11.6. The first kappa shape index (κ1) is 12.1. The lowest BCUT2D eigenvalue weighted by molar-refractivity contribution is 0.582. The van der Waals surface area contributed by atoms with E-state index in [2.05, 4.69) is 25.8 Å². The number of rotatable bonds is 1. The average molecular weight is 252 g/mol. The Hall–Kier alpha value is -1.36. The van der Waals surface area contributed by atoms with Crippen LogP contribution in [0.2, 0.25) is 0 Å². The predicted molar refractivity (Wildman–Crippen MR) is 67.0 cm³/mol. The van der Waals surface area contributed by atoms with Gasteiger partial charge in [-0.15, -0.1) is 0 Å². The highest BCUT2D eigenvalue weighted by atomic mass is 32.2. The fourth-order valence-corrected chi connectivity index (χ4v) is 2.42. The van der Waals surface area contributed by atoms with E-state index in [1.54, 1.807) is 4.40 Å². The first-order chi connectivity index (χ1) is 7.69. The number of sulfone groups is 1. The van der Waals surface area contributed by atoms with Crippen molar-refractivity contribution < 1.29 is 8.42 Å². The smallest absolute Gasteiger partial charge is 0.192 e. The number of nitrogens with zero attached hydrogens (tertiary/aromatic N) is 2. The van der Waals surface area contributed by atoms with E-state index in [0.717, 1.165) is 5.56 Å². The molecule has 0 N–H and O–H groups in total. The van der Waals surface area contributed by atoms with Crippen LogP contribution in [0.15, 0.2) is 29.6 Å². The molecule has 0 radical (unpaired) electrons. The lowest BCUT2D eigenvalue weighted by Crippen LogP contribution is -2.12.